The van der Waals surface area contributed by atoms with Gasteiger partial charge in [-0.05, 0) is 48.4 Å². The second kappa shape index (κ2) is 4.26. The molecule has 0 unspecified atom stereocenters. The number of hydrogen-bond acceptors (Lipinski definition) is 3. The number of aryl methyl sites for hydroxylation is 1. The number of fused-ring (bicyclic) bond motifs is 1. The molecule has 0 bridgehead atoms. The monoisotopic (exact) mass is 240 g/mol. The van der Waals surface area contributed by atoms with Gasteiger partial charge in [0.1, 0.15) is 5.75 Å². The van der Waals surface area contributed by atoms with Crippen molar-refractivity contribution in [3.63, 3.8) is 0 Å². The van der Waals surface area contributed by atoms with Crippen molar-refractivity contribution in [2.45, 2.75) is 13.3 Å². The number of nitrogens with one attached hydrogen (secondary N) is 1. The lowest BCUT2D eigenvalue weighted by Crippen LogP contribution is -1.97. The summed E-state index contributed by atoms with van der Waals surface area (Å²) in [6.07, 6.45) is 0.980. The Morgan fingerprint density at radius 3 is 2.94 bits per heavy atom. The molecule has 1 heterocycles. The van der Waals surface area contributed by atoms with E-state index in [1.165, 1.54) is 11.1 Å². The Bertz CT molecular complexity index is 593. The van der Waals surface area contributed by atoms with Crippen LogP contribution in [0, 0.1) is 6.92 Å². The summed E-state index contributed by atoms with van der Waals surface area (Å²) < 4.78 is 5.49. The molecular weight excluding hydrogens is 224 g/mol. The van der Waals surface area contributed by atoms with E-state index in [4.69, 9.17) is 10.5 Å². The van der Waals surface area contributed by atoms with Gasteiger partial charge in [0.25, 0.3) is 0 Å². The largest absolute Gasteiger partial charge is 0.493 e. The van der Waals surface area contributed by atoms with E-state index in [1.54, 1.807) is 0 Å². The molecule has 3 rings (SSSR count). The molecule has 0 saturated carbocycles. The van der Waals surface area contributed by atoms with Crippen molar-refractivity contribution in [3.05, 3.63) is 47.5 Å². The van der Waals surface area contributed by atoms with Gasteiger partial charge < -0.3 is 15.8 Å². The topological polar surface area (TPSA) is 47.3 Å². The first-order valence-electron chi connectivity index (χ1n) is 6.11. The van der Waals surface area contributed by atoms with Crippen LogP contribution in [0.3, 0.4) is 0 Å². The number of benzene rings is 2. The Balaban J connectivity index is 1.90. The van der Waals surface area contributed by atoms with Crippen LogP contribution in [0.1, 0.15) is 11.1 Å². The van der Waals surface area contributed by atoms with Crippen molar-refractivity contribution in [3.8, 4) is 5.75 Å². The zero-order chi connectivity index (χ0) is 12.5. The quantitative estimate of drug-likeness (QED) is 0.792. The van der Waals surface area contributed by atoms with Gasteiger partial charge in [-0.3, -0.25) is 0 Å². The second-order valence-corrected chi connectivity index (χ2v) is 4.64. The summed E-state index contributed by atoms with van der Waals surface area (Å²) in [6, 6.07) is 12.1. The number of nitrogen functional groups attached to an aromatic ring is 1. The summed E-state index contributed by atoms with van der Waals surface area (Å²) in [5, 5.41) is 3.36. The molecule has 92 valence electrons. The maximum absolute atomic E-state index is 5.96. The van der Waals surface area contributed by atoms with E-state index in [-0.39, 0.29) is 0 Å². The minimum Gasteiger partial charge on any atom is -0.493 e. The number of nitrogens with two attached hydrogens (primary N) is 1. The van der Waals surface area contributed by atoms with Gasteiger partial charge in [-0.25, -0.2) is 0 Å². The number of ether oxygens (including phenoxy) is 1. The molecule has 1 aliphatic heterocycles. The van der Waals surface area contributed by atoms with E-state index >= 15 is 0 Å². The van der Waals surface area contributed by atoms with E-state index in [0.717, 1.165) is 35.8 Å². The predicted octanol–water partition coefficient (Wildman–Crippen LogP) is 3.26. The third-order valence-corrected chi connectivity index (χ3v) is 3.18. The summed E-state index contributed by atoms with van der Waals surface area (Å²) in [6.45, 7) is 2.84. The molecule has 0 fully saturated rings. The smallest absolute Gasteiger partial charge is 0.122 e. The lowest BCUT2D eigenvalue weighted by molar-refractivity contribution is 0.357. The fraction of sp³-hybridized carbons (Fsp3) is 0.200. The van der Waals surface area contributed by atoms with Crippen LogP contribution >= 0.6 is 0 Å². The van der Waals surface area contributed by atoms with Gasteiger partial charge in [0.2, 0.25) is 0 Å². The molecule has 2 aromatic carbocycles. The van der Waals surface area contributed by atoms with E-state index in [1.807, 2.05) is 24.3 Å². The number of anilines is 3. The average molecular weight is 240 g/mol. The molecule has 3 nitrogen and oxygen atoms in total. The van der Waals surface area contributed by atoms with Gasteiger partial charge in [-0.1, -0.05) is 6.07 Å². The zero-order valence-corrected chi connectivity index (χ0v) is 10.4. The lowest BCUT2D eigenvalue weighted by Gasteiger charge is -2.11. The Morgan fingerprint density at radius 1 is 1.17 bits per heavy atom. The fourth-order valence-corrected chi connectivity index (χ4v) is 2.20. The fourth-order valence-electron chi connectivity index (χ4n) is 2.20. The van der Waals surface area contributed by atoms with Crippen LogP contribution in [0.5, 0.6) is 5.75 Å². The maximum atomic E-state index is 5.96. The van der Waals surface area contributed by atoms with Crippen LogP contribution < -0.4 is 15.8 Å². The zero-order valence-electron chi connectivity index (χ0n) is 10.4. The standard InChI is InChI=1S/C15H16N2O/c1-10-2-4-13(16)14(8-10)17-12-3-5-15-11(9-12)6-7-18-15/h2-5,8-9,17H,6-7,16H2,1H3. The Kier molecular flexibility index (Phi) is 2.59. The predicted molar refractivity (Wildman–Crippen MR) is 74.5 cm³/mol. The summed E-state index contributed by atoms with van der Waals surface area (Å²) in [5.41, 5.74) is 11.2. The highest BCUT2D eigenvalue weighted by Crippen LogP contribution is 2.30. The van der Waals surface area contributed by atoms with Gasteiger partial charge in [-0.2, -0.15) is 0 Å². The highest BCUT2D eigenvalue weighted by atomic mass is 16.5. The molecule has 0 amide bonds. The van der Waals surface area contributed by atoms with Crippen LogP contribution in [0.25, 0.3) is 0 Å². The Labute approximate surface area is 107 Å². The molecule has 0 aromatic heterocycles. The van der Waals surface area contributed by atoms with Gasteiger partial charge in [0, 0.05) is 12.1 Å². The van der Waals surface area contributed by atoms with Gasteiger partial charge in [0.05, 0.1) is 18.0 Å². The minimum atomic E-state index is 0.761. The molecule has 0 saturated heterocycles. The molecule has 3 heteroatoms. The molecular formula is C15H16N2O. The SMILES string of the molecule is Cc1ccc(N)c(Nc2ccc3c(c2)CCO3)c1. The highest BCUT2D eigenvalue weighted by Gasteiger charge is 2.12. The van der Waals surface area contributed by atoms with E-state index in [9.17, 15) is 0 Å². The summed E-state index contributed by atoms with van der Waals surface area (Å²) in [5.74, 6) is 0.998. The van der Waals surface area contributed by atoms with Crippen LogP contribution in [0.2, 0.25) is 0 Å². The average Bonchev–Trinajstić information content (AvgIpc) is 2.81. The Hall–Kier alpha value is -2.16. The molecule has 0 radical (unpaired) electrons. The van der Waals surface area contributed by atoms with Crippen LogP contribution in [-0.4, -0.2) is 6.61 Å². The number of hydrogen-bond donors (Lipinski definition) is 2. The highest BCUT2D eigenvalue weighted by molar-refractivity contribution is 5.73. The molecule has 0 spiro atoms. The molecule has 0 atom stereocenters. The van der Waals surface area contributed by atoms with Crippen LogP contribution in [0.15, 0.2) is 36.4 Å². The lowest BCUT2D eigenvalue weighted by atomic mass is 10.1. The Morgan fingerprint density at radius 2 is 2.06 bits per heavy atom. The minimum absolute atomic E-state index is 0.761. The first kappa shape index (κ1) is 11.0. The van der Waals surface area contributed by atoms with Crippen molar-refractivity contribution in [2.24, 2.45) is 0 Å². The molecule has 18 heavy (non-hydrogen) atoms. The first-order chi connectivity index (χ1) is 8.72. The summed E-state index contributed by atoms with van der Waals surface area (Å²) in [7, 11) is 0. The molecule has 2 aromatic rings. The van der Waals surface area contributed by atoms with Crippen molar-refractivity contribution >= 4 is 17.1 Å². The van der Waals surface area contributed by atoms with Crippen LogP contribution in [-0.2, 0) is 6.42 Å². The third kappa shape index (κ3) is 1.99. The van der Waals surface area contributed by atoms with Gasteiger partial charge in [0.15, 0.2) is 0 Å². The summed E-state index contributed by atoms with van der Waals surface area (Å²) >= 11 is 0. The van der Waals surface area contributed by atoms with Gasteiger partial charge >= 0.3 is 0 Å². The molecule has 1 aliphatic rings. The van der Waals surface area contributed by atoms with Crippen molar-refractivity contribution in [2.75, 3.05) is 17.7 Å². The van der Waals surface area contributed by atoms with E-state index < -0.39 is 0 Å². The normalized spacial score (nSPS) is 12.9. The van der Waals surface area contributed by atoms with Crippen molar-refractivity contribution in [1.29, 1.82) is 0 Å². The number of rotatable bonds is 2. The first-order valence-corrected chi connectivity index (χ1v) is 6.11. The third-order valence-electron chi connectivity index (χ3n) is 3.18. The van der Waals surface area contributed by atoms with Crippen molar-refractivity contribution < 1.29 is 4.74 Å². The van der Waals surface area contributed by atoms with Crippen molar-refractivity contribution in [1.82, 2.24) is 0 Å². The van der Waals surface area contributed by atoms with Gasteiger partial charge in [-0.15, -0.1) is 0 Å². The maximum Gasteiger partial charge on any atom is 0.122 e. The van der Waals surface area contributed by atoms with E-state index in [2.05, 4.69) is 24.4 Å². The van der Waals surface area contributed by atoms with Crippen LogP contribution in [0.4, 0.5) is 17.1 Å². The summed E-state index contributed by atoms with van der Waals surface area (Å²) in [4.78, 5) is 0. The molecule has 0 aliphatic carbocycles. The van der Waals surface area contributed by atoms with E-state index in [0.29, 0.717) is 0 Å². The second-order valence-electron chi connectivity index (χ2n) is 4.64. The molecule has 3 N–H and O–H groups in total.